The van der Waals surface area contributed by atoms with Gasteiger partial charge < -0.3 is 15.2 Å². The summed E-state index contributed by atoms with van der Waals surface area (Å²) in [5, 5.41) is 11.8. The van der Waals surface area contributed by atoms with E-state index in [1.54, 1.807) is 0 Å². The summed E-state index contributed by atoms with van der Waals surface area (Å²) < 4.78 is 5.22. The highest BCUT2D eigenvalue weighted by Gasteiger charge is 2.25. The van der Waals surface area contributed by atoms with E-state index < -0.39 is 5.97 Å². The Bertz CT molecular complexity index is 468. The maximum Gasteiger partial charge on any atom is 0.303 e. The number of carbonyl (C=O) groups excluding carboxylic acids is 1. The number of carboxylic acids is 1. The monoisotopic (exact) mass is 291 g/mol. The molecule has 0 bridgehead atoms. The number of hydrogen-bond acceptors (Lipinski definition) is 3. The van der Waals surface area contributed by atoms with Gasteiger partial charge in [0.05, 0.1) is 12.5 Å². The average Bonchev–Trinajstić information content (AvgIpc) is 3.00. The zero-order chi connectivity index (χ0) is 15.1. The molecule has 2 rings (SSSR count). The lowest BCUT2D eigenvalue weighted by molar-refractivity contribution is -0.137. The van der Waals surface area contributed by atoms with E-state index in [9.17, 15) is 9.59 Å². The normalized spacial score (nSPS) is 19.1. The molecule has 1 fully saturated rings. The third-order valence-corrected chi connectivity index (χ3v) is 3.68. The van der Waals surface area contributed by atoms with E-state index in [4.69, 9.17) is 9.84 Å². The van der Waals surface area contributed by atoms with Crippen LogP contribution in [0.25, 0.3) is 0 Å². The SMILES string of the molecule is O=C(O)CCC(Cc1ccccc1)NC(=O)C1CCOC1. The predicted octanol–water partition coefficient (Wildman–Crippen LogP) is 1.62. The van der Waals surface area contributed by atoms with Gasteiger partial charge in [-0.15, -0.1) is 0 Å². The zero-order valence-corrected chi connectivity index (χ0v) is 12.0. The first-order valence-electron chi connectivity index (χ1n) is 7.29. The highest BCUT2D eigenvalue weighted by Crippen LogP contribution is 2.14. The van der Waals surface area contributed by atoms with Crippen molar-refractivity contribution in [1.29, 1.82) is 0 Å². The summed E-state index contributed by atoms with van der Waals surface area (Å²) in [7, 11) is 0. The first kappa shape index (κ1) is 15.5. The first-order valence-corrected chi connectivity index (χ1v) is 7.29. The molecule has 1 aliphatic rings. The predicted molar refractivity (Wildman–Crippen MR) is 77.9 cm³/mol. The topological polar surface area (TPSA) is 75.6 Å². The van der Waals surface area contributed by atoms with Crippen LogP contribution in [0.1, 0.15) is 24.8 Å². The maximum absolute atomic E-state index is 12.2. The van der Waals surface area contributed by atoms with Crippen LogP contribution in [0.5, 0.6) is 0 Å². The molecule has 21 heavy (non-hydrogen) atoms. The molecule has 2 unspecified atom stereocenters. The van der Waals surface area contributed by atoms with Crippen LogP contribution in [0.4, 0.5) is 0 Å². The van der Waals surface area contributed by atoms with Crippen molar-refractivity contribution in [3.63, 3.8) is 0 Å². The molecule has 0 aromatic heterocycles. The van der Waals surface area contributed by atoms with Crippen LogP contribution in [-0.2, 0) is 20.7 Å². The van der Waals surface area contributed by atoms with Crippen LogP contribution in [0.15, 0.2) is 30.3 Å². The van der Waals surface area contributed by atoms with E-state index in [1.165, 1.54) is 0 Å². The molecular weight excluding hydrogens is 270 g/mol. The van der Waals surface area contributed by atoms with Gasteiger partial charge in [0.2, 0.25) is 5.91 Å². The summed E-state index contributed by atoms with van der Waals surface area (Å²) in [6.07, 6.45) is 1.87. The molecule has 2 atom stereocenters. The molecule has 0 saturated carbocycles. The number of carboxylic acid groups (broad SMARTS) is 1. The van der Waals surface area contributed by atoms with Crippen molar-refractivity contribution >= 4 is 11.9 Å². The molecule has 1 aromatic carbocycles. The molecule has 1 aromatic rings. The van der Waals surface area contributed by atoms with Crippen LogP contribution < -0.4 is 5.32 Å². The van der Waals surface area contributed by atoms with Gasteiger partial charge in [-0.25, -0.2) is 0 Å². The van der Waals surface area contributed by atoms with Crippen molar-refractivity contribution in [2.24, 2.45) is 5.92 Å². The van der Waals surface area contributed by atoms with Crippen molar-refractivity contribution in [2.75, 3.05) is 13.2 Å². The molecular formula is C16H21NO4. The van der Waals surface area contributed by atoms with Gasteiger partial charge in [-0.3, -0.25) is 9.59 Å². The summed E-state index contributed by atoms with van der Waals surface area (Å²) in [4.78, 5) is 22.9. The van der Waals surface area contributed by atoms with E-state index in [2.05, 4.69) is 5.32 Å². The zero-order valence-electron chi connectivity index (χ0n) is 12.0. The third-order valence-electron chi connectivity index (χ3n) is 3.68. The van der Waals surface area contributed by atoms with E-state index in [1.807, 2.05) is 30.3 Å². The lowest BCUT2D eigenvalue weighted by Gasteiger charge is -2.20. The molecule has 1 aliphatic heterocycles. The largest absolute Gasteiger partial charge is 0.481 e. The van der Waals surface area contributed by atoms with Crippen LogP contribution in [0.3, 0.4) is 0 Å². The van der Waals surface area contributed by atoms with Gasteiger partial charge in [-0.2, -0.15) is 0 Å². The fraction of sp³-hybridized carbons (Fsp3) is 0.500. The smallest absolute Gasteiger partial charge is 0.303 e. The molecule has 0 aliphatic carbocycles. The lowest BCUT2D eigenvalue weighted by Crippen LogP contribution is -2.40. The highest BCUT2D eigenvalue weighted by atomic mass is 16.5. The minimum absolute atomic E-state index is 0.0289. The molecule has 5 nitrogen and oxygen atoms in total. The van der Waals surface area contributed by atoms with E-state index >= 15 is 0 Å². The molecule has 1 saturated heterocycles. The molecule has 1 amide bonds. The Morgan fingerprint density at radius 1 is 1.33 bits per heavy atom. The van der Waals surface area contributed by atoms with Crippen LogP contribution in [0, 0.1) is 5.92 Å². The first-order chi connectivity index (χ1) is 10.1. The second kappa shape index (κ2) is 7.78. The molecule has 5 heteroatoms. The van der Waals surface area contributed by atoms with E-state index in [0.717, 1.165) is 12.0 Å². The van der Waals surface area contributed by atoms with Gasteiger partial charge in [0.1, 0.15) is 0 Å². The van der Waals surface area contributed by atoms with Gasteiger partial charge in [0.25, 0.3) is 0 Å². The third kappa shape index (κ3) is 5.19. The van der Waals surface area contributed by atoms with Gasteiger partial charge in [-0.1, -0.05) is 30.3 Å². The lowest BCUT2D eigenvalue weighted by atomic mass is 10.00. The molecule has 1 heterocycles. The quantitative estimate of drug-likeness (QED) is 0.800. The summed E-state index contributed by atoms with van der Waals surface area (Å²) in [5.74, 6) is -0.974. The number of amides is 1. The van der Waals surface area contributed by atoms with Crippen molar-refractivity contribution in [1.82, 2.24) is 5.32 Å². The van der Waals surface area contributed by atoms with E-state index in [-0.39, 0.29) is 24.3 Å². The Morgan fingerprint density at radius 2 is 2.10 bits per heavy atom. The number of ether oxygens (including phenoxy) is 1. The Hall–Kier alpha value is -1.88. The van der Waals surface area contributed by atoms with Gasteiger partial charge in [0.15, 0.2) is 0 Å². The minimum atomic E-state index is -0.841. The van der Waals surface area contributed by atoms with Crippen LogP contribution in [-0.4, -0.2) is 36.2 Å². The Labute approximate surface area is 124 Å². The summed E-state index contributed by atoms with van der Waals surface area (Å²) in [6.45, 7) is 1.08. The average molecular weight is 291 g/mol. The van der Waals surface area contributed by atoms with Crippen molar-refractivity contribution in [3.8, 4) is 0 Å². The summed E-state index contributed by atoms with van der Waals surface area (Å²) in [5.41, 5.74) is 1.09. The summed E-state index contributed by atoms with van der Waals surface area (Å²) >= 11 is 0. The fourth-order valence-corrected chi connectivity index (χ4v) is 2.48. The van der Waals surface area contributed by atoms with Gasteiger partial charge >= 0.3 is 5.97 Å². The van der Waals surface area contributed by atoms with Crippen LogP contribution in [0.2, 0.25) is 0 Å². The number of rotatable bonds is 7. The number of hydrogen-bond donors (Lipinski definition) is 2. The van der Waals surface area contributed by atoms with Crippen LogP contribution >= 0.6 is 0 Å². The number of aliphatic carboxylic acids is 1. The fourth-order valence-electron chi connectivity index (χ4n) is 2.48. The second-order valence-electron chi connectivity index (χ2n) is 5.39. The summed E-state index contributed by atoms with van der Waals surface area (Å²) in [6, 6.07) is 9.63. The van der Waals surface area contributed by atoms with Gasteiger partial charge in [-0.05, 0) is 24.8 Å². The van der Waals surface area contributed by atoms with Gasteiger partial charge in [0, 0.05) is 19.1 Å². The molecule has 114 valence electrons. The maximum atomic E-state index is 12.2. The second-order valence-corrected chi connectivity index (χ2v) is 5.39. The Morgan fingerprint density at radius 3 is 2.71 bits per heavy atom. The number of nitrogens with one attached hydrogen (secondary N) is 1. The van der Waals surface area contributed by atoms with E-state index in [0.29, 0.717) is 26.1 Å². The number of benzene rings is 1. The van der Waals surface area contributed by atoms with Crippen molar-refractivity contribution in [2.45, 2.75) is 31.7 Å². The Balaban J connectivity index is 1.94. The number of carbonyl (C=O) groups is 2. The van der Waals surface area contributed by atoms with Crippen molar-refractivity contribution in [3.05, 3.63) is 35.9 Å². The van der Waals surface area contributed by atoms with Crippen molar-refractivity contribution < 1.29 is 19.4 Å². The minimum Gasteiger partial charge on any atom is -0.481 e. The molecule has 2 N–H and O–H groups in total. The molecule has 0 spiro atoms. The highest BCUT2D eigenvalue weighted by molar-refractivity contribution is 5.79. The molecule has 0 radical (unpaired) electrons. The Kier molecular flexibility index (Phi) is 5.75. The standard InChI is InChI=1S/C16H21NO4/c18-15(19)7-6-14(10-12-4-2-1-3-5-12)17-16(20)13-8-9-21-11-13/h1-5,13-14H,6-11H2,(H,17,20)(H,18,19).